The van der Waals surface area contributed by atoms with Crippen LogP contribution < -0.4 is 20.1 Å². The fraction of sp³-hybridized carbons (Fsp3) is 0.318. The van der Waals surface area contributed by atoms with Gasteiger partial charge >= 0.3 is 12.3 Å². The molecule has 0 atom stereocenters. The molecular formula is C22H23F3N2O4. The summed E-state index contributed by atoms with van der Waals surface area (Å²) < 4.78 is 46.4. The van der Waals surface area contributed by atoms with Gasteiger partial charge in [-0.2, -0.15) is 0 Å². The Labute approximate surface area is 177 Å². The number of carboxylic acid groups (broad SMARTS) is 1. The van der Waals surface area contributed by atoms with Gasteiger partial charge < -0.3 is 25.2 Å². The standard InChI is InChI=1S/C22H23F3N2O4/c1-14(27-17-6-12-20(13-7-17)31-22(23,24)25)26-16-4-10-19(11-5-16)30-18-8-2-15(3-9-18)21(28)29/h2-3,6-9,12-13,16,19,26-27H,1,4-5,10-11H2,(H,28,29). The third-order valence-corrected chi connectivity index (χ3v) is 4.84. The number of carbonyl (C=O) groups is 1. The summed E-state index contributed by atoms with van der Waals surface area (Å²) in [5.41, 5.74) is 0.808. The Kier molecular flexibility index (Phi) is 6.94. The van der Waals surface area contributed by atoms with Crippen molar-refractivity contribution in [2.75, 3.05) is 5.32 Å². The van der Waals surface area contributed by atoms with E-state index in [0.29, 0.717) is 17.3 Å². The molecule has 2 aromatic rings. The molecule has 0 unspecified atom stereocenters. The van der Waals surface area contributed by atoms with Gasteiger partial charge in [0.15, 0.2) is 0 Å². The zero-order valence-electron chi connectivity index (χ0n) is 16.6. The fourth-order valence-corrected chi connectivity index (χ4v) is 3.39. The Bertz CT molecular complexity index is 890. The number of rotatable bonds is 8. The first kappa shape index (κ1) is 22.3. The third-order valence-electron chi connectivity index (χ3n) is 4.84. The molecule has 3 rings (SSSR count). The minimum Gasteiger partial charge on any atom is -0.490 e. The molecule has 1 aliphatic rings. The highest BCUT2D eigenvalue weighted by molar-refractivity contribution is 5.87. The van der Waals surface area contributed by atoms with Crippen LogP contribution in [0, 0.1) is 0 Å². The zero-order chi connectivity index (χ0) is 22.4. The normalized spacial score (nSPS) is 18.7. The van der Waals surface area contributed by atoms with Crippen LogP contribution in [0.3, 0.4) is 0 Å². The number of hydrogen-bond donors (Lipinski definition) is 3. The third kappa shape index (κ3) is 7.13. The monoisotopic (exact) mass is 436 g/mol. The van der Waals surface area contributed by atoms with Crippen molar-refractivity contribution < 1.29 is 32.5 Å². The van der Waals surface area contributed by atoms with E-state index in [1.807, 2.05) is 0 Å². The van der Waals surface area contributed by atoms with Crippen molar-refractivity contribution in [3.63, 3.8) is 0 Å². The van der Waals surface area contributed by atoms with E-state index >= 15 is 0 Å². The van der Waals surface area contributed by atoms with Gasteiger partial charge in [-0.1, -0.05) is 6.58 Å². The van der Waals surface area contributed by atoms with Crippen molar-refractivity contribution in [1.82, 2.24) is 5.32 Å². The van der Waals surface area contributed by atoms with Gasteiger partial charge in [0.2, 0.25) is 0 Å². The molecule has 6 nitrogen and oxygen atoms in total. The van der Waals surface area contributed by atoms with Crippen LogP contribution >= 0.6 is 0 Å². The number of alkyl halides is 3. The molecule has 0 aromatic heterocycles. The van der Waals surface area contributed by atoms with E-state index < -0.39 is 12.3 Å². The average molecular weight is 436 g/mol. The quantitative estimate of drug-likeness (QED) is 0.531. The number of halogens is 3. The molecule has 0 radical (unpaired) electrons. The van der Waals surface area contributed by atoms with Crippen LogP contribution in [-0.4, -0.2) is 29.6 Å². The second-order valence-corrected chi connectivity index (χ2v) is 7.24. The number of aromatic carboxylic acids is 1. The van der Waals surface area contributed by atoms with Gasteiger partial charge in [0, 0.05) is 11.7 Å². The lowest BCUT2D eigenvalue weighted by Gasteiger charge is -2.30. The fourth-order valence-electron chi connectivity index (χ4n) is 3.39. The average Bonchev–Trinajstić information content (AvgIpc) is 2.70. The largest absolute Gasteiger partial charge is 0.573 e. The number of benzene rings is 2. The van der Waals surface area contributed by atoms with E-state index in [-0.39, 0.29) is 23.5 Å². The summed E-state index contributed by atoms with van der Waals surface area (Å²) in [5, 5.41) is 15.2. The molecule has 1 saturated carbocycles. The first-order valence-electron chi connectivity index (χ1n) is 9.76. The zero-order valence-corrected chi connectivity index (χ0v) is 16.6. The summed E-state index contributed by atoms with van der Waals surface area (Å²) in [6, 6.07) is 12.0. The van der Waals surface area contributed by atoms with Gasteiger partial charge in [0.1, 0.15) is 11.5 Å². The van der Waals surface area contributed by atoms with Crippen molar-refractivity contribution in [1.29, 1.82) is 0 Å². The maximum absolute atomic E-state index is 12.2. The van der Waals surface area contributed by atoms with Crippen LogP contribution in [0.2, 0.25) is 0 Å². The molecule has 0 heterocycles. The molecule has 1 aliphatic carbocycles. The molecule has 3 N–H and O–H groups in total. The molecule has 31 heavy (non-hydrogen) atoms. The van der Waals surface area contributed by atoms with E-state index in [0.717, 1.165) is 25.7 Å². The predicted molar refractivity (Wildman–Crippen MR) is 109 cm³/mol. The number of hydrogen-bond acceptors (Lipinski definition) is 5. The molecule has 0 amide bonds. The summed E-state index contributed by atoms with van der Waals surface area (Å²) in [5.74, 6) is -0.0614. The van der Waals surface area contributed by atoms with Crippen molar-refractivity contribution >= 4 is 11.7 Å². The maximum atomic E-state index is 12.2. The SMILES string of the molecule is C=C(Nc1ccc(OC(F)(F)F)cc1)NC1CCC(Oc2ccc(C(=O)O)cc2)CC1. The number of ether oxygens (including phenoxy) is 2. The van der Waals surface area contributed by atoms with Crippen molar-refractivity contribution in [3.8, 4) is 11.5 Å². The minimum atomic E-state index is -4.72. The van der Waals surface area contributed by atoms with Gasteiger partial charge in [-0.3, -0.25) is 0 Å². The molecule has 0 saturated heterocycles. The maximum Gasteiger partial charge on any atom is 0.573 e. The van der Waals surface area contributed by atoms with E-state index in [1.54, 1.807) is 12.1 Å². The van der Waals surface area contributed by atoms with Crippen LogP contribution in [-0.2, 0) is 0 Å². The van der Waals surface area contributed by atoms with Gasteiger partial charge in [-0.25, -0.2) is 4.79 Å². The van der Waals surface area contributed by atoms with E-state index in [1.165, 1.54) is 36.4 Å². The molecule has 0 bridgehead atoms. The van der Waals surface area contributed by atoms with E-state index in [4.69, 9.17) is 9.84 Å². The first-order chi connectivity index (χ1) is 14.7. The second-order valence-electron chi connectivity index (χ2n) is 7.24. The number of carboxylic acids is 1. The summed E-state index contributed by atoms with van der Waals surface area (Å²) in [4.78, 5) is 10.9. The van der Waals surface area contributed by atoms with Crippen LogP contribution in [0.25, 0.3) is 0 Å². The van der Waals surface area contributed by atoms with E-state index in [9.17, 15) is 18.0 Å². The van der Waals surface area contributed by atoms with Gasteiger partial charge in [-0.15, -0.1) is 13.2 Å². The smallest absolute Gasteiger partial charge is 0.490 e. The minimum absolute atomic E-state index is 0.0520. The molecule has 166 valence electrons. The van der Waals surface area contributed by atoms with Crippen LogP contribution in [0.15, 0.2) is 60.9 Å². The summed E-state index contributed by atoms with van der Waals surface area (Å²) in [6.07, 6.45) is -1.29. The summed E-state index contributed by atoms with van der Waals surface area (Å²) >= 11 is 0. The number of nitrogens with one attached hydrogen (secondary N) is 2. The lowest BCUT2D eigenvalue weighted by molar-refractivity contribution is -0.274. The second kappa shape index (κ2) is 9.63. The van der Waals surface area contributed by atoms with Crippen LogP contribution in [0.1, 0.15) is 36.0 Å². The molecule has 0 spiro atoms. The Morgan fingerprint density at radius 2 is 1.55 bits per heavy atom. The Morgan fingerprint density at radius 1 is 0.968 bits per heavy atom. The molecule has 9 heteroatoms. The van der Waals surface area contributed by atoms with Gasteiger partial charge in [0.05, 0.1) is 17.5 Å². The van der Waals surface area contributed by atoms with Crippen molar-refractivity contribution in [2.24, 2.45) is 0 Å². The Balaban J connectivity index is 1.41. The molecule has 1 fully saturated rings. The van der Waals surface area contributed by atoms with Crippen molar-refractivity contribution in [3.05, 3.63) is 66.5 Å². The highest BCUT2D eigenvalue weighted by Crippen LogP contribution is 2.26. The summed E-state index contributed by atoms with van der Waals surface area (Å²) in [7, 11) is 0. The van der Waals surface area contributed by atoms with Crippen LogP contribution in [0.4, 0.5) is 18.9 Å². The topological polar surface area (TPSA) is 79.8 Å². The molecule has 0 aliphatic heterocycles. The summed E-state index contributed by atoms with van der Waals surface area (Å²) in [6.45, 7) is 3.92. The highest BCUT2D eigenvalue weighted by Gasteiger charge is 2.31. The Hall–Kier alpha value is -3.36. The molecule has 2 aromatic carbocycles. The van der Waals surface area contributed by atoms with Gasteiger partial charge in [0.25, 0.3) is 0 Å². The van der Waals surface area contributed by atoms with Crippen LogP contribution in [0.5, 0.6) is 11.5 Å². The number of anilines is 1. The highest BCUT2D eigenvalue weighted by atomic mass is 19.4. The lowest BCUT2D eigenvalue weighted by Crippen LogP contribution is -2.37. The first-order valence-corrected chi connectivity index (χ1v) is 9.76. The van der Waals surface area contributed by atoms with E-state index in [2.05, 4.69) is 21.9 Å². The Morgan fingerprint density at radius 3 is 2.10 bits per heavy atom. The molecular weight excluding hydrogens is 413 g/mol. The van der Waals surface area contributed by atoms with Gasteiger partial charge in [-0.05, 0) is 74.2 Å². The van der Waals surface area contributed by atoms with Crippen molar-refractivity contribution in [2.45, 2.75) is 44.2 Å². The lowest BCUT2D eigenvalue weighted by atomic mass is 9.93. The predicted octanol–water partition coefficient (Wildman–Crippen LogP) is 5.15.